The van der Waals surface area contributed by atoms with Crippen LogP contribution in [-0.4, -0.2) is 23.7 Å². The summed E-state index contributed by atoms with van der Waals surface area (Å²) in [5, 5.41) is 0.392. The normalized spacial score (nSPS) is 11.6. The third-order valence-corrected chi connectivity index (χ3v) is 5.17. The molecule has 6 nitrogen and oxygen atoms in total. The maximum atomic E-state index is 12.4. The quantitative estimate of drug-likeness (QED) is 0.775. The van der Waals surface area contributed by atoms with E-state index in [2.05, 4.69) is 4.98 Å². The Kier molecular flexibility index (Phi) is 4.06. The van der Waals surface area contributed by atoms with Crippen molar-refractivity contribution in [3.63, 3.8) is 0 Å². The van der Waals surface area contributed by atoms with Crippen molar-refractivity contribution in [1.82, 2.24) is 14.1 Å². The molecule has 3 rings (SSSR count). The molecule has 0 unspecified atom stereocenters. The van der Waals surface area contributed by atoms with Crippen molar-refractivity contribution in [2.24, 2.45) is 0 Å². The van der Waals surface area contributed by atoms with Gasteiger partial charge >= 0.3 is 0 Å². The fraction of sp³-hybridized carbons (Fsp3) is 0.125. The summed E-state index contributed by atoms with van der Waals surface area (Å²) in [6, 6.07) is 9.40. The van der Waals surface area contributed by atoms with Crippen molar-refractivity contribution in [3.8, 4) is 0 Å². The lowest BCUT2D eigenvalue weighted by Gasteiger charge is -2.05. The van der Waals surface area contributed by atoms with Crippen LogP contribution in [0.5, 0.6) is 0 Å². The first-order valence-electron chi connectivity index (χ1n) is 7.06. The molecule has 0 saturated carbocycles. The minimum absolute atomic E-state index is 0.00800. The molecule has 8 heteroatoms. The van der Waals surface area contributed by atoms with E-state index in [1.807, 2.05) is 11.6 Å². The zero-order valence-electron chi connectivity index (χ0n) is 12.9. The molecule has 1 N–H and O–H groups in total. The maximum Gasteiger partial charge on any atom is 0.285 e. The van der Waals surface area contributed by atoms with E-state index in [-0.39, 0.29) is 10.6 Å². The number of benzene rings is 1. The molecule has 3 aromatic rings. The van der Waals surface area contributed by atoms with Gasteiger partial charge in [-0.05, 0) is 37.6 Å². The molecule has 1 amide bonds. The van der Waals surface area contributed by atoms with Gasteiger partial charge in [0.05, 0.1) is 15.6 Å². The van der Waals surface area contributed by atoms with Crippen LogP contribution in [0.4, 0.5) is 0 Å². The number of carbonyl (C=O) groups is 1. The van der Waals surface area contributed by atoms with Crippen molar-refractivity contribution in [3.05, 3.63) is 64.6 Å². The molecule has 0 bridgehead atoms. The molecule has 0 atom stereocenters. The number of amides is 1. The number of sulfonamides is 1. The van der Waals surface area contributed by atoms with E-state index in [4.69, 9.17) is 11.6 Å². The third-order valence-electron chi connectivity index (χ3n) is 3.55. The third kappa shape index (κ3) is 2.88. The molecule has 0 aliphatic heterocycles. The number of carbonyl (C=O) groups excluding carboxylic acids is 1. The van der Waals surface area contributed by atoms with Crippen molar-refractivity contribution in [1.29, 1.82) is 0 Å². The fourth-order valence-corrected chi connectivity index (χ4v) is 3.67. The second kappa shape index (κ2) is 5.92. The Balaban J connectivity index is 2.01. The molecule has 2 heterocycles. The average molecular weight is 364 g/mol. The number of nitrogens with zero attached hydrogens (tertiary/aromatic N) is 2. The fourth-order valence-electron chi connectivity index (χ4n) is 2.39. The van der Waals surface area contributed by atoms with Crippen LogP contribution in [0.2, 0.25) is 5.02 Å². The Bertz CT molecular complexity index is 1040. The van der Waals surface area contributed by atoms with Gasteiger partial charge in [0.1, 0.15) is 0 Å². The smallest absolute Gasteiger partial charge is 0.285 e. The number of aryl methyl sites for hydroxylation is 2. The molecule has 0 fully saturated rings. The highest BCUT2D eigenvalue weighted by atomic mass is 35.5. The molecular formula is C16H14ClN3O3S. The Morgan fingerprint density at radius 2 is 1.88 bits per heavy atom. The number of pyridine rings is 1. The number of aromatic nitrogens is 2. The Morgan fingerprint density at radius 3 is 2.54 bits per heavy atom. The van der Waals surface area contributed by atoms with Crippen molar-refractivity contribution < 1.29 is 13.2 Å². The first kappa shape index (κ1) is 16.5. The number of fused-ring (bicyclic) bond motifs is 1. The molecule has 124 valence electrons. The van der Waals surface area contributed by atoms with E-state index in [0.717, 1.165) is 5.56 Å². The topological polar surface area (TPSA) is 80.5 Å². The van der Waals surface area contributed by atoms with E-state index in [9.17, 15) is 13.2 Å². The predicted molar refractivity (Wildman–Crippen MR) is 90.8 cm³/mol. The lowest BCUT2D eigenvalue weighted by Crippen LogP contribution is -2.31. The summed E-state index contributed by atoms with van der Waals surface area (Å²) in [4.78, 5) is 16.6. The predicted octanol–water partition coefficient (Wildman–Crippen LogP) is 2.72. The summed E-state index contributed by atoms with van der Waals surface area (Å²) < 4.78 is 28.2. The molecule has 0 aliphatic rings. The lowest BCUT2D eigenvalue weighted by atomic mass is 10.3. The van der Waals surface area contributed by atoms with Gasteiger partial charge in [-0.2, -0.15) is 0 Å². The number of hydrogen-bond acceptors (Lipinski definition) is 4. The van der Waals surface area contributed by atoms with Crippen molar-refractivity contribution in [2.45, 2.75) is 18.7 Å². The van der Waals surface area contributed by atoms with Gasteiger partial charge in [0.15, 0.2) is 11.3 Å². The van der Waals surface area contributed by atoms with Crippen molar-refractivity contribution in [2.75, 3.05) is 0 Å². The van der Waals surface area contributed by atoms with Gasteiger partial charge in [-0.1, -0.05) is 29.8 Å². The highest BCUT2D eigenvalue weighted by molar-refractivity contribution is 7.90. The molecular weight excluding hydrogens is 350 g/mol. The molecule has 0 spiro atoms. The van der Waals surface area contributed by atoms with Crippen LogP contribution in [0, 0.1) is 13.8 Å². The van der Waals surface area contributed by atoms with Gasteiger partial charge in [-0.3, -0.25) is 4.79 Å². The molecule has 1 aromatic carbocycles. The average Bonchev–Trinajstić information content (AvgIpc) is 2.85. The summed E-state index contributed by atoms with van der Waals surface area (Å²) in [7, 11) is -3.96. The SMILES string of the molecule is Cc1cc(Cl)c2nc(C(=O)NS(=O)(=O)c3ccccc3)c(C)n2c1. The monoisotopic (exact) mass is 363 g/mol. The minimum atomic E-state index is -3.96. The second-order valence-corrected chi connectivity index (χ2v) is 7.44. The molecule has 24 heavy (non-hydrogen) atoms. The van der Waals surface area contributed by atoms with Crippen LogP contribution >= 0.6 is 11.6 Å². The zero-order chi connectivity index (χ0) is 17.5. The molecule has 0 radical (unpaired) electrons. The van der Waals surface area contributed by atoms with Gasteiger partial charge in [-0.25, -0.2) is 18.1 Å². The number of imidazole rings is 1. The second-order valence-electron chi connectivity index (χ2n) is 5.35. The maximum absolute atomic E-state index is 12.4. The Morgan fingerprint density at radius 1 is 1.21 bits per heavy atom. The summed E-state index contributed by atoms with van der Waals surface area (Å²) in [6.07, 6.45) is 1.78. The standard InChI is InChI=1S/C16H14ClN3O3S/c1-10-8-13(17)15-18-14(11(2)20(15)9-10)16(21)19-24(22,23)12-6-4-3-5-7-12/h3-9H,1-2H3,(H,19,21). The number of hydrogen-bond donors (Lipinski definition) is 1. The van der Waals surface area contributed by atoms with Crippen LogP contribution < -0.4 is 4.72 Å². The van der Waals surface area contributed by atoms with Gasteiger partial charge in [0.2, 0.25) is 0 Å². The summed E-state index contributed by atoms with van der Waals surface area (Å²) in [6.45, 7) is 3.55. The zero-order valence-corrected chi connectivity index (χ0v) is 14.5. The van der Waals surface area contributed by atoms with E-state index >= 15 is 0 Å². The van der Waals surface area contributed by atoms with E-state index < -0.39 is 15.9 Å². The van der Waals surface area contributed by atoms with E-state index in [0.29, 0.717) is 16.4 Å². The highest BCUT2D eigenvalue weighted by Gasteiger charge is 2.23. The van der Waals surface area contributed by atoms with Crippen LogP contribution in [0.1, 0.15) is 21.7 Å². The van der Waals surface area contributed by atoms with E-state index in [1.54, 1.807) is 41.8 Å². The summed E-state index contributed by atoms with van der Waals surface area (Å²) in [5.74, 6) is -0.797. The Hall–Kier alpha value is -2.38. The van der Waals surface area contributed by atoms with Crippen LogP contribution in [-0.2, 0) is 10.0 Å². The molecule has 0 saturated heterocycles. The van der Waals surface area contributed by atoms with Gasteiger partial charge < -0.3 is 4.40 Å². The van der Waals surface area contributed by atoms with E-state index in [1.165, 1.54) is 12.1 Å². The molecule has 2 aromatic heterocycles. The first-order chi connectivity index (χ1) is 11.3. The largest absolute Gasteiger partial charge is 0.302 e. The number of halogens is 1. The van der Waals surface area contributed by atoms with Crippen LogP contribution in [0.15, 0.2) is 47.5 Å². The first-order valence-corrected chi connectivity index (χ1v) is 8.93. The Labute approximate surface area is 144 Å². The highest BCUT2D eigenvalue weighted by Crippen LogP contribution is 2.22. The van der Waals surface area contributed by atoms with Crippen molar-refractivity contribution >= 4 is 33.2 Å². The van der Waals surface area contributed by atoms with Crippen LogP contribution in [0.25, 0.3) is 5.65 Å². The van der Waals surface area contributed by atoms with Gasteiger partial charge in [-0.15, -0.1) is 0 Å². The number of rotatable bonds is 3. The van der Waals surface area contributed by atoms with Gasteiger partial charge in [0, 0.05) is 6.20 Å². The van der Waals surface area contributed by atoms with Gasteiger partial charge in [0.25, 0.3) is 15.9 Å². The minimum Gasteiger partial charge on any atom is -0.302 e. The summed E-state index contributed by atoms with van der Waals surface area (Å²) in [5.41, 5.74) is 1.83. The molecule has 0 aliphatic carbocycles. The summed E-state index contributed by atoms with van der Waals surface area (Å²) >= 11 is 6.15. The van der Waals surface area contributed by atoms with Crippen LogP contribution in [0.3, 0.4) is 0 Å². The number of nitrogens with one attached hydrogen (secondary N) is 1. The lowest BCUT2D eigenvalue weighted by molar-refractivity contribution is 0.0976.